The van der Waals surface area contributed by atoms with Crippen molar-refractivity contribution < 1.29 is 34.3 Å². The molecular weight excluding hydrogens is 196 g/mol. The summed E-state index contributed by atoms with van der Waals surface area (Å²) >= 11 is 0. The molecule has 2 aliphatic rings. The van der Waals surface area contributed by atoms with Crippen LogP contribution < -0.4 is 0 Å². The predicted molar refractivity (Wildman–Crippen MR) is 39.1 cm³/mol. The number of hydrogen-bond acceptors (Lipinski definition) is 7. The van der Waals surface area contributed by atoms with Crippen molar-refractivity contribution >= 4 is 6.16 Å². The number of carbonyl (C=O) groups excluding carboxylic acids is 1. The minimum atomic E-state index is -1.38. The van der Waals surface area contributed by atoms with Crippen LogP contribution in [0.2, 0.25) is 0 Å². The van der Waals surface area contributed by atoms with Crippen molar-refractivity contribution in [2.24, 2.45) is 0 Å². The molecule has 0 spiro atoms. The molecule has 0 aromatic rings. The number of hydrogen-bond donors (Lipinski definition) is 3. The molecular formula is C7H10O7. The molecule has 0 bridgehead atoms. The van der Waals surface area contributed by atoms with Crippen LogP contribution in [0.1, 0.15) is 0 Å². The molecule has 80 valence electrons. The third kappa shape index (κ3) is 1.34. The third-order valence-corrected chi connectivity index (χ3v) is 2.28. The molecule has 7 nitrogen and oxygen atoms in total. The predicted octanol–water partition coefficient (Wildman–Crippen LogP) is -2.04. The molecule has 7 heteroatoms. The van der Waals surface area contributed by atoms with Gasteiger partial charge in [-0.15, -0.1) is 0 Å². The maximum absolute atomic E-state index is 10.7. The first kappa shape index (κ1) is 9.66. The lowest BCUT2D eigenvalue weighted by atomic mass is 10.00. The van der Waals surface area contributed by atoms with Gasteiger partial charge in [0.25, 0.3) is 0 Å². The Labute approximate surface area is 78.8 Å². The summed E-state index contributed by atoms with van der Waals surface area (Å²) in [7, 11) is 0. The molecule has 2 saturated heterocycles. The lowest BCUT2D eigenvalue weighted by Crippen LogP contribution is -2.57. The van der Waals surface area contributed by atoms with Crippen molar-refractivity contribution in [1.29, 1.82) is 0 Å². The summed E-state index contributed by atoms with van der Waals surface area (Å²) in [5.74, 6) is 0. The molecule has 2 fully saturated rings. The summed E-state index contributed by atoms with van der Waals surface area (Å²) in [6.07, 6.45) is -6.52. The summed E-state index contributed by atoms with van der Waals surface area (Å²) in [6, 6.07) is 0. The van der Waals surface area contributed by atoms with Crippen molar-refractivity contribution in [2.45, 2.75) is 30.7 Å². The lowest BCUT2D eigenvalue weighted by Gasteiger charge is -2.35. The second kappa shape index (κ2) is 3.35. The molecule has 14 heavy (non-hydrogen) atoms. The van der Waals surface area contributed by atoms with Crippen LogP contribution in [0, 0.1) is 0 Å². The largest absolute Gasteiger partial charge is 0.509 e. The first-order valence-electron chi connectivity index (χ1n) is 4.13. The number of aliphatic hydroxyl groups is 3. The Bertz CT molecular complexity index is 242. The Morgan fingerprint density at radius 3 is 2.50 bits per heavy atom. The molecule has 5 atom stereocenters. The van der Waals surface area contributed by atoms with Gasteiger partial charge in [0.05, 0.1) is 6.61 Å². The van der Waals surface area contributed by atoms with Gasteiger partial charge in [-0.25, -0.2) is 4.79 Å². The van der Waals surface area contributed by atoms with E-state index in [4.69, 9.17) is 9.84 Å². The topological polar surface area (TPSA) is 105 Å². The summed E-state index contributed by atoms with van der Waals surface area (Å²) in [5, 5.41) is 27.6. The van der Waals surface area contributed by atoms with Gasteiger partial charge in [0.2, 0.25) is 0 Å². The Kier molecular flexibility index (Phi) is 2.31. The quantitative estimate of drug-likeness (QED) is 0.424. The SMILES string of the molecule is O=C1OC2[C@H](O)C(CO)O[C@H](O)[C@@H]2O1. The van der Waals surface area contributed by atoms with Gasteiger partial charge >= 0.3 is 6.16 Å². The fraction of sp³-hybridized carbons (Fsp3) is 0.857. The first-order valence-corrected chi connectivity index (χ1v) is 4.13. The maximum atomic E-state index is 10.7. The van der Waals surface area contributed by atoms with Gasteiger partial charge in [-0.1, -0.05) is 0 Å². The van der Waals surface area contributed by atoms with Gasteiger partial charge in [-0.05, 0) is 0 Å². The molecule has 3 N–H and O–H groups in total. The maximum Gasteiger partial charge on any atom is 0.509 e. The van der Waals surface area contributed by atoms with E-state index in [9.17, 15) is 15.0 Å². The highest BCUT2D eigenvalue weighted by Crippen LogP contribution is 2.29. The van der Waals surface area contributed by atoms with Crippen molar-refractivity contribution in [3.05, 3.63) is 0 Å². The highest BCUT2D eigenvalue weighted by molar-refractivity contribution is 5.62. The van der Waals surface area contributed by atoms with Gasteiger partial charge in [0, 0.05) is 0 Å². The zero-order chi connectivity index (χ0) is 10.3. The summed E-state index contributed by atoms with van der Waals surface area (Å²) < 4.78 is 14.0. The van der Waals surface area contributed by atoms with E-state index >= 15 is 0 Å². The molecule has 0 aromatic heterocycles. The van der Waals surface area contributed by atoms with E-state index in [1.165, 1.54) is 0 Å². The molecule has 0 radical (unpaired) electrons. The van der Waals surface area contributed by atoms with Crippen molar-refractivity contribution in [3.63, 3.8) is 0 Å². The minimum absolute atomic E-state index is 0.473. The average Bonchev–Trinajstić information content (AvgIpc) is 2.54. The van der Waals surface area contributed by atoms with E-state index in [2.05, 4.69) is 9.47 Å². The Hall–Kier alpha value is -0.890. The van der Waals surface area contributed by atoms with Crippen molar-refractivity contribution in [2.75, 3.05) is 6.61 Å². The number of carbonyl (C=O) groups is 1. The second-order valence-electron chi connectivity index (χ2n) is 3.15. The molecule has 0 amide bonds. The van der Waals surface area contributed by atoms with Crippen LogP contribution in [0.3, 0.4) is 0 Å². The van der Waals surface area contributed by atoms with Crippen molar-refractivity contribution in [3.8, 4) is 0 Å². The fourth-order valence-corrected chi connectivity index (χ4v) is 1.57. The van der Waals surface area contributed by atoms with E-state index in [1.807, 2.05) is 0 Å². The Morgan fingerprint density at radius 2 is 1.86 bits per heavy atom. The van der Waals surface area contributed by atoms with Crippen LogP contribution >= 0.6 is 0 Å². The van der Waals surface area contributed by atoms with Crippen molar-refractivity contribution in [1.82, 2.24) is 0 Å². The molecule has 0 aromatic carbocycles. The number of rotatable bonds is 1. The highest BCUT2D eigenvalue weighted by atomic mass is 16.8. The molecule has 2 aliphatic heterocycles. The standard InChI is InChI=1S/C7H10O7/c8-1-2-3(9)4-5(6(10)12-2)14-7(11)13-4/h2-6,8-10H,1H2/t2?,3-,4?,5-,6+/m1/s1. The van der Waals surface area contributed by atoms with Gasteiger partial charge in [-0.3, -0.25) is 0 Å². The number of ether oxygens (including phenoxy) is 3. The third-order valence-electron chi connectivity index (χ3n) is 2.28. The van der Waals surface area contributed by atoms with E-state index < -0.39 is 43.5 Å². The van der Waals surface area contributed by atoms with Crippen LogP contribution in [0.4, 0.5) is 4.79 Å². The molecule has 2 heterocycles. The monoisotopic (exact) mass is 206 g/mol. The van der Waals surface area contributed by atoms with E-state index in [0.717, 1.165) is 0 Å². The fourth-order valence-electron chi connectivity index (χ4n) is 1.57. The summed E-state index contributed by atoms with van der Waals surface area (Å²) in [5.41, 5.74) is 0. The molecule has 0 aliphatic carbocycles. The second-order valence-corrected chi connectivity index (χ2v) is 3.15. The van der Waals surface area contributed by atoms with E-state index in [1.54, 1.807) is 0 Å². The number of aliphatic hydroxyl groups excluding tert-OH is 3. The normalized spacial score (nSPS) is 46.8. The number of fused-ring (bicyclic) bond motifs is 1. The molecule has 2 unspecified atom stereocenters. The molecule has 2 rings (SSSR count). The van der Waals surface area contributed by atoms with Gasteiger partial charge < -0.3 is 29.5 Å². The minimum Gasteiger partial charge on any atom is -0.424 e. The average molecular weight is 206 g/mol. The zero-order valence-corrected chi connectivity index (χ0v) is 7.07. The van der Waals surface area contributed by atoms with Crippen LogP contribution in [0.25, 0.3) is 0 Å². The van der Waals surface area contributed by atoms with E-state index in [0.29, 0.717) is 0 Å². The Morgan fingerprint density at radius 1 is 1.21 bits per heavy atom. The lowest BCUT2D eigenvalue weighted by molar-refractivity contribution is -0.261. The van der Waals surface area contributed by atoms with Crippen LogP contribution in [0.15, 0.2) is 0 Å². The first-order chi connectivity index (χ1) is 6.63. The van der Waals surface area contributed by atoms with Gasteiger partial charge in [-0.2, -0.15) is 0 Å². The van der Waals surface area contributed by atoms with Crippen LogP contribution in [-0.2, 0) is 14.2 Å². The smallest absolute Gasteiger partial charge is 0.424 e. The zero-order valence-electron chi connectivity index (χ0n) is 7.07. The van der Waals surface area contributed by atoms with Crippen LogP contribution in [-0.4, -0.2) is 58.8 Å². The highest BCUT2D eigenvalue weighted by Gasteiger charge is 2.53. The summed E-state index contributed by atoms with van der Waals surface area (Å²) in [4.78, 5) is 10.7. The van der Waals surface area contributed by atoms with Gasteiger partial charge in [0.1, 0.15) is 12.2 Å². The van der Waals surface area contributed by atoms with Gasteiger partial charge in [0.15, 0.2) is 18.5 Å². The Balaban J connectivity index is 2.15. The summed E-state index contributed by atoms with van der Waals surface area (Å²) in [6.45, 7) is -0.473. The van der Waals surface area contributed by atoms with Crippen LogP contribution in [0.5, 0.6) is 0 Å². The molecule has 0 saturated carbocycles. The van der Waals surface area contributed by atoms with E-state index in [-0.39, 0.29) is 0 Å².